The van der Waals surface area contributed by atoms with Gasteiger partial charge < -0.3 is 36.8 Å². The first-order valence-electron chi connectivity index (χ1n) is 14.1. The van der Waals surface area contributed by atoms with E-state index in [1.165, 1.54) is 0 Å². The van der Waals surface area contributed by atoms with Crippen molar-refractivity contribution in [3.8, 4) is 0 Å². The van der Waals surface area contributed by atoms with Crippen LogP contribution < -0.4 is 26.6 Å². The maximum Gasteiger partial charge on any atom is 0.326 e. The van der Waals surface area contributed by atoms with Crippen molar-refractivity contribution in [1.29, 1.82) is 0 Å². The van der Waals surface area contributed by atoms with E-state index in [0.717, 1.165) is 13.0 Å². The van der Waals surface area contributed by atoms with Crippen molar-refractivity contribution < 1.29 is 39.0 Å². The van der Waals surface area contributed by atoms with Gasteiger partial charge in [0, 0.05) is 6.42 Å². The zero-order chi connectivity index (χ0) is 30.6. The Labute approximate surface area is 236 Å². The van der Waals surface area contributed by atoms with Crippen LogP contribution in [0.2, 0.25) is 0 Å². The fraction of sp³-hybridized carbons (Fsp3) is 0.778. The number of aliphatic carboxylic acids is 2. The molecule has 1 heterocycles. The summed E-state index contributed by atoms with van der Waals surface area (Å²) in [6.07, 6.45) is 1.91. The second kappa shape index (κ2) is 16.8. The summed E-state index contributed by atoms with van der Waals surface area (Å²) in [6, 6.07) is -4.85. The summed E-state index contributed by atoms with van der Waals surface area (Å²) in [5.74, 6) is -5.75. The first kappa shape index (κ1) is 34.8. The molecule has 7 N–H and O–H groups in total. The van der Waals surface area contributed by atoms with Gasteiger partial charge >= 0.3 is 11.9 Å². The molecule has 1 saturated heterocycles. The summed E-state index contributed by atoms with van der Waals surface area (Å²) in [7, 11) is 0. The topological polar surface area (TPSA) is 203 Å². The molecule has 0 aromatic heterocycles. The maximum absolute atomic E-state index is 13.4. The smallest absolute Gasteiger partial charge is 0.326 e. The molecule has 1 rings (SSSR count). The van der Waals surface area contributed by atoms with Crippen LogP contribution in [0.15, 0.2) is 0 Å². The Bertz CT molecular complexity index is 905. The first-order valence-corrected chi connectivity index (χ1v) is 14.1. The fourth-order valence-corrected chi connectivity index (χ4v) is 4.37. The third kappa shape index (κ3) is 10.7. The number of carbonyl (C=O) groups is 6. The van der Waals surface area contributed by atoms with Gasteiger partial charge in [0.1, 0.15) is 24.2 Å². The Hall–Kier alpha value is -3.22. The highest BCUT2D eigenvalue weighted by molar-refractivity contribution is 5.95. The lowest BCUT2D eigenvalue weighted by molar-refractivity contribution is -0.143. The predicted octanol–water partition coefficient (Wildman–Crippen LogP) is 0.375. The van der Waals surface area contributed by atoms with Crippen LogP contribution >= 0.6 is 0 Å². The third-order valence-electron chi connectivity index (χ3n) is 7.47. The van der Waals surface area contributed by atoms with Gasteiger partial charge in [-0.25, -0.2) is 4.79 Å². The monoisotopic (exact) mass is 569 g/mol. The van der Waals surface area contributed by atoms with Crippen LogP contribution in [-0.2, 0) is 28.8 Å². The summed E-state index contributed by atoms with van der Waals surface area (Å²) >= 11 is 0. The molecule has 1 aliphatic rings. The Morgan fingerprint density at radius 1 is 0.775 bits per heavy atom. The molecule has 4 amide bonds. The van der Waals surface area contributed by atoms with Crippen LogP contribution in [0.5, 0.6) is 0 Å². The number of hydrogen-bond donors (Lipinski definition) is 7. The summed E-state index contributed by atoms with van der Waals surface area (Å²) in [6.45, 7) is 11.4. The van der Waals surface area contributed by atoms with E-state index in [9.17, 15) is 33.9 Å². The van der Waals surface area contributed by atoms with Crippen LogP contribution in [0.1, 0.15) is 80.1 Å². The molecule has 0 saturated carbocycles. The van der Waals surface area contributed by atoms with E-state index in [4.69, 9.17) is 5.11 Å². The van der Waals surface area contributed by atoms with E-state index in [-0.39, 0.29) is 30.2 Å². The molecule has 13 heteroatoms. The average Bonchev–Trinajstić information content (AvgIpc) is 3.44. The molecule has 0 radical (unpaired) electrons. The summed E-state index contributed by atoms with van der Waals surface area (Å²) < 4.78 is 0. The first-order chi connectivity index (χ1) is 18.7. The van der Waals surface area contributed by atoms with Crippen molar-refractivity contribution in [2.45, 2.75) is 110 Å². The minimum Gasteiger partial charge on any atom is -0.481 e. The van der Waals surface area contributed by atoms with E-state index >= 15 is 0 Å². The van der Waals surface area contributed by atoms with Gasteiger partial charge in [-0.05, 0) is 43.6 Å². The minimum absolute atomic E-state index is 0.209. The molecule has 0 unspecified atom stereocenters. The number of nitrogens with one attached hydrogen (secondary N) is 5. The number of rotatable bonds is 17. The zero-order valence-electron chi connectivity index (χ0n) is 24.4. The zero-order valence-corrected chi connectivity index (χ0v) is 24.4. The summed E-state index contributed by atoms with van der Waals surface area (Å²) in [5, 5.41) is 31.9. The maximum atomic E-state index is 13.4. The molecule has 7 atom stereocenters. The molecule has 0 aromatic rings. The van der Waals surface area contributed by atoms with Crippen LogP contribution in [0.3, 0.4) is 0 Å². The second-order valence-electron chi connectivity index (χ2n) is 11.0. The Morgan fingerprint density at radius 2 is 1.27 bits per heavy atom. The third-order valence-corrected chi connectivity index (χ3v) is 7.47. The fourth-order valence-electron chi connectivity index (χ4n) is 4.37. The van der Waals surface area contributed by atoms with Crippen molar-refractivity contribution in [2.75, 3.05) is 6.54 Å². The molecular weight excluding hydrogens is 522 g/mol. The molecule has 0 aromatic carbocycles. The van der Waals surface area contributed by atoms with E-state index in [0.29, 0.717) is 19.3 Å². The van der Waals surface area contributed by atoms with Crippen LogP contribution in [0.25, 0.3) is 0 Å². The van der Waals surface area contributed by atoms with Gasteiger partial charge in [0.15, 0.2) is 0 Å². The second-order valence-corrected chi connectivity index (χ2v) is 11.0. The predicted molar refractivity (Wildman–Crippen MR) is 147 cm³/mol. The lowest BCUT2D eigenvalue weighted by atomic mass is 9.94. The Kier molecular flexibility index (Phi) is 14.6. The molecule has 1 fully saturated rings. The number of carboxylic acids is 2. The van der Waals surface area contributed by atoms with Gasteiger partial charge in [0.05, 0.1) is 6.04 Å². The SMILES string of the molecule is CC[C@H](C)[C@H](NC(=O)[C@@H]1CCCN1)C(=O)N[C@H](C(=O)N[C@H](C(=O)N[C@@H](CCC(=O)O)C(=O)O)C(C)C)[C@@H](C)CC. The number of amides is 4. The lowest BCUT2D eigenvalue weighted by Gasteiger charge is -2.31. The lowest BCUT2D eigenvalue weighted by Crippen LogP contribution is -2.61. The van der Waals surface area contributed by atoms with Crippen LogP contribution in [0, 0.1) is 17.8 Å². The molecule has 0 aliphatic carbocycles. The van der Waals surface area contributed by atoms with Crippen molar-refractivity contribution in [2.24, 2.45) is 17.8 Å². The van der Waals surface area contributed by atoms with Gasteiger partial charge in [-0.1, -0.05) is 54.4 Å². The van der Waals surface area contributed by atoms with Gasteiger partial charge in [-0.3, -0.25) is 24.0 Å². The van der Waals surface area contributed by atoms with Crippen molar-refractivity contribution in [1.82, 2.24) is 26.6 Å². The highest BCUT2D eigenvalue weighted by Gasteiger charge is 2.36. The van der Waals surface area contributed by atoms with Crippen molar-refractivity contribution in [3.05, 3.63) is 0 Å². The van der Waals surface area contributed by atoms with Crippen LogP contribution in [0.4, 0.5) is 0 Å². The molecule has 228 valence electrons. The summed E-state index contributed by atoms with van der Waals surface area (Å²) in [4.78, 5) is 75.0. The number of carbonyl (C=O) groups excluding carboxylic acids is 4. The number of hydrogen-bond acceptors (Lipinski definition) is 7. The highest BCUT2D eigenvalue weighted by Crippen LogP contribution is 2.15. The molecule has 0 spiro atoms. The molecule has 1 aliphatic heterocycles. The minimum atomic E-state index is -1.44. The van der Waals surface area contributed by atoms with Gasteiger partial charge in [0.2, 0.25) is 23.6 Å². The molecule has 40 heavy (non-hydrogen) atoms. The standard InChI is InChI=1S/C27H47N5O8/c1-7-15(5)21(31-23(35)17-10-9-13-28-17)26(38)32-22(16(6)8-2)25(37)30-20(14(3)4)24(36)29-18(27(39)40)11-12-19(33)34/h14-18,20-22,28H,7-13H2,1-6H3,(H,29,36)(H,30,37)(H,31,35)(H,32,38)(H,33,34)(H,39,40)/t15-,16-,17-,18-,20-,21-,22-/m0/s1. The average molecular weight is 570 g/mol. The van der Waals surface area contributed by atoms with E-state index < -0.39 is 66.2 Å². The van der Waals surface area contributed by atoms with E-state index in [1.807, 2.05) is 20.8 Å². The summed E-state index contributed by atoms with van der Waals surface area (Å²) in [5.41, 5.74) is 0. The van der Waals surface area contributed by atoms with E-state index in [1.54, 1.807) is 20.8 Å². The van der Waals surface area contributed by atoms with Crippen molar-refractivity contribution >= 4 is 35.6 Å². The number of carboxylic acid groups (broad SMARTS) is 2. The quantitative estimate of drug-likeness (QED) is 0.129. The Morgan fingerprint density at radius 3 is 1.70 bits per heavy atom. The Balaban J connectivity index is 3.06. The highest BCUT2D eigenvalue weighted by atomic mass is 16.4. The molecule has 13 nitrogen and oxygen atoms in total. The van der Waals surface area contributed by atoms with Crippen molar-refractivity contribution in [3.63, 3.8) is 0 Å². The van der Waals surface area contributed by atoms with Gasteiger partial charge in [-0.2, -0.15) is 0 Å². The van der Waals surface area contributed by atoms with E-state index in [2.05, 4.69) is 26.6 Å². The largest absolute Gasteiger partial charge is 0.481 e. The molecular formula is C27H47N5O8. The van der Waals surface area contributed by atoms with Crippen LogP contribution in [-0.4, -0.2) is 82.5 Å². The van der Waals surface area contributed by atoms with Gasteiger partial charge in [0.25, 0.3) is 0 Å². The van der Waals surface area contributed by atoms with Gasteiger partial charge in [-0.15, -0.1) is 0 Å². The molecule has 0 bridgehead atoms. The normalized spacial score (nSPS) is 19.4.